The molecular weight excluding hydrogens is 227 g/mol. The van der Waals surface area contributed by atoms with Crippen molar-refractivity contribution in [2.24, 2.45) is 0 Å². The van der Waals surface area contributed by atoms with E-state index in [2.05, 4.69) is 31.0 Å². The lowest BCUT2D eigenvalue weighted by Gasteiger charge is -2.23. The van der Waals surface area contributed by atoms with Crippen molar-refractivity contribution in [2.75, 3.05) is 13.1 Å². The molecule has 1 N–H and O–H groups in total. The maximum absolute atomic E-state index is 13.2. The van der Waals surface area contributed by atoms with Gasteiger partial charge in [-0.2, -0.15) is 0 Å². The summed E-state index contributed by atoms with van der Waals surface area (Å²) in [5.74, 6) is -0.156. The minimum Gasteiger partial charge on any atom is -0.306 e. The first-order chi connectivity index (χ1) is 8.56. The van der Waals surface area contributed by atoms with E-state index in [9.17, 15) is 4.39 Å². The fourth-order valence-electron chi connectivity index (χ4n) is 2.62. The fourth-order valence-corrected chi connectivity index (χ4v) is 2.62. The summed E-state index contributed by atoms with van der Waals surface area (Å²) in [7, 11) is 0. The molecule has 2 unspecified atom stereocenters. The Bertz CT molecular complexity index is 392. The molecule has 0 amide bonds. The van der Waals surface area contributed by atoms with Gasteiger partial charge in [-0.15, -0.1) is 0 Å². The van der Waals surface area contributed by atoms with Gasteiger partial charge >= 0.3 is 0 Å². The predicted molar refractivity (Wildman–Crippen MR) is 73.1 cm³/mol. The molecule has 2 nitrogen and oxygen atoms in total. The minimum atomic E-state index is -0.156. The lowest BCUT2D eigenvalue weighted by molar-refractivity contribution is 0.266. The standard InChI is InChI=1S/C15H23FN2/c1-11(2)18-8-7-15(10-18)17-12(3)13-5-4-6-14(16)9-13/h4-6,9,11-12,15,17H,7-8,10H2,1-3H3. The average molecular weight is 250 g/mol. The van der Waals surface area contributed by atoms with Gasteiger partial charge in [-0.1, -0.05) is 12.1 Å². The normalized spacial score (nSPS) is 22.6. The Morgan fingerprint density at radius 3 is 2.72 bits per heavy atom. The molecule has 1 aliphatic rings. The zero-order valence-electron chi connectivity index (χ0n) is 11.5. The van der Waals surface area contributed by atoms with Crippen LogP contribution in [-0.2, 0) is 0 Å². The monoisotopic (exact) mass is 250 g/mol. The van der Waals surface area contributed by atoms with Crippen LogP contribution in [0.25, 0.3) is 0 Å². The third-order valence-electron chi connectivity index (χ3n) is 3.78. The Balaban J connectivity index is 1.90. The molecule has 3 heteroatoms. The average Bonchev–Trinajstić information content (AvgIpc) is 2.77. The van der Waals surface area contributed by atoms with Gasteiger partial charge in [0.2, 0.25) is 0 Å². The van der Waals surface area contributed by atoms with Gasteiger partial charge in [-0.3, -0.25) is 4.90 Å². The molecule has 1 fully saturated rings. The molecule has 1 aliphatic heterocycles. The van der Waals surface area contributed by atoms with Crippen molar-refractivity contribution in [1.29, 1.82) is 0 Å². The first kappa shape index (κ1) is 13.5. The van der Waals surface area contributed by atoms with Crippen LogP contribution in [-0.4, -0.2) is 30.1 Å². The van der Waals surface area contributed by atoms with Crippen LogP contribution in [0.4, 0.5) is 4.39 Å². The van der Waals surface area contributed by atoms with Crippen molar-refractivity contribution >= 4 is 0 Å². The van der Waals surface area contributed by atoms with Crippen molar-refractivity contribution in [2.45, 2.75) is 45.3 Å². The van der Waals surface area contributed by atoms with Crippen LogP contribution in [0, 0.1) is 5.82 Å². The summed E-state index contributed by atoms with van der Waals surface area (Å²) in [4.78, 5) is 2.48. The number of likely N-dealkylation sites (tertiary alicyclic amines) is 1. The molecule has 0 saturated carbocycles. The Hall–Kier alpha value is -0.930. The highest BCUT2D eigenvalue weighted by Gasteiger charge is 2.25. The molecule has 1 aromatic rings. The topological polar surface area (TPSA) is 15.3 Å². The Morgan fingerprint density at radius 1 is 1.33 bits per heavy atom. The smallest absolute Gasteiger partial charge is 0.123 e. The third-order valence-corrected chi connectivity index (χ3v) is 3.78. The molecule has 0 spiro atoms. The van der Waals surface area contributed by atoms with Crippen LogP contribution in [0.2, 0.25) is 0 Å². The molecular formula is C15H23FN2. The minimum absolute atomic E-state index is 0.156. The summed E-state index contributed by atoms with van der Waals surface area (Å²) >= 11 is 0. The van der Waals surface area contributed by atoms with E-state index in [1.165, 1.54) is 12.5 Å². The summed E-state index contributed by atoms with van der Waals surface area (Å²) in [6.07, 6.45) is 1.18. The molecule has 0 radical (unpaired) electrons. The number of halogens is 1. The molecule has 0 aliphatic carbocycles. The molecule has 1 saturated heterocycles. The second kappa shape index (κ2) is 5.81. The lowest BCUT2D eigenvalue weighted by atomic mass is 10.1. The van der Waals surface area contributed by atoms with Crippen LogP contribution < -0.4 is 5.32 Å². The van der Waals surface area contributed by atoms with E-state index >= 15 is 0 Å². The number of nitrogens with zero attached hydrogens (tertiary/aromatic N) is 1. The highest BCUT2D eigenvalue weighted by atomic mass is 19.1. The van der Waals surface area contributed by atoms with E-state index in [1.54, 1.807) is 12.1 Å². The van der Waals surface area contributed by atoms with E-state index in [1.807, 2.05) is 6.07 Å². The second-order valence-electron chi connectivity index (χ2n) is 5.52. The Morgan fingerprint density at radius 2 is 2.11 bits per heavy atom. The molecule has 2 rings (SSSR count). The molecule has 100 valence electrons. The van der Waals surface area contributed by atoms with E-state index in [0.29, 0.717) is 12.1 Å². The summed E-state index contributed by atoms with van der Waals surface area (Å²) in [6.45, 7) is 8.83. The lowest BCUT2D eigenvalue weighted by Crippen LogP contribution is -2.36. The first-order valence-electron chi connectivity index (χ1n) is 6.82. The van der Waals surface area contributed by atoms with Crippen molar-refractivity contribution in [3.8, 4) is 0 Å². The summed E-state index contributed by atoms with van der Waals surface area (Å²) < 4.78 is 13.2. The second-order valence-corrected chi connectivity index (χ2v) is 5.52. The van der Waals surface area contributed by atoms with Gasteiger partial charge in [0.25, 0.3) is 0 Å². The van der Waals surface area contributed by atoms with Crippen LogP contribution in [0.15, 0.2) is 24.3 Å². The largest absolute Gasteiger partial charge is 0.306 e. The van der Waals surface area contributed by atoms with Crippen molar-refractivity contribution in [1.82, 2.24) is 10.2 Å². The summed E-state index contributed by atoms with van der Waals surface area (Å²) in [5, 5.41) is 3.60. The van der Waals surface area contributed by atoms with Crippen LogP contribution in [0.3, 0.4) is 0 Å². The number of nitrogens with one attached hydrogen (secondary N) is 1. The highest BCUT2D eigenvalue weighted by Crippen LogP contribution is 2.18. The summed E-state index contributed by atoms with van der Waals surface area (Å²) in [6, 6.07) is 8.21. The molecule has 2 atom stereocenters. The molecule has 1 aromatic carbocycles. The van der Waals surface area contributed by atoms with E-state index in [0.717, 1.165) is 18.7 Å². The van der Waals surface area contributed by atoms with Crippen LogP contribution in [0.1, 0.15) is 38.8 Å². The SMILES string of the molecule is CC(NC1CCN(C(C)C)C1)c1cccc(F)c1. The number of hydrogen-bond donors (Lipinski definition) is 1. The van der Waals surface area contributed by atoms with E-state index in [4.69, 9.17) is 0 Å². The Labute approximate surface area is 109 Å². The van der Waals surface area contributed by atoms with Gasteiger partial charge in [0.1, 0.15) is 5.82 Å². The van der Waals surface area contributed by atoms with E-state index < -0.39 is 0 Å². The van der Waals surface area contributed by atoms with Crippen molar-refractivity contribution in [3.63, 3.8) is 0 Å². The van der Waals surface area contributed by atoms with Gasteiger partial charge in [0.05, 0.1) is 0 Å². The van der Waals surface area contributed by atoms with Gasteiger partial charge in [-0.25, -0.2) is 4.39 Å². The Kier molecular flexibility index (Phi) is 4.36. The van der Waals surface area contributed by atoms with Gasteiger partial charge in [-0.05, 0) is 51.4 Å². The van der Waals surface area contributed by atoms with Crippen LogP contribution in [0.5, 0.6) is 0 Å². The zero-order valence-corrected chi connectivity index (χ0v) is 11.5. The molecule has 1 heterocycles. The van der Waals surface area contributed by atoms with E-state index in [-0.39, 0.29) is 11.9 Å². The van der Waals surface area contributed by atoms with Gasteiger partial charge < -0.3 is 5.32 Å². The van der Waals surface area contributed by atoms with Crippen molar-refractivity contribution < 1.29 is 4.39 Å². The number of hydrogen-bond acceptors (Lipinski definition) is 2. The van der Waals surface area contributed by atoms with Crippen molar-refractivity contribution in [3.05, 3.63) is 35.6 Å². The molecule has 0 bridgehead atoms. The molecule has 18 heavy (non-hydrogen) atoms. The predicted octanol–water partition coefficient (Wildman–Crippen LogP) is 2.96. The zero-order chi connectivity index (χ0) is 13.1. The summed E-state index contributed by atoms with van der Waals surface area (Å²) in [5.41, 5.74) is 1.03. The molecule has 0 aromatic heterocycles. The third kappa shape index (κ3) is 3.30. The van der Waals surface area contributed by atoms with Gasteiger partial charge in [0, 0.05) is 24.7 Å². The maximum Gasteiger partial charge on any atom is 0.123 e. The fraction of sp³-hybridized carbons (Fsp3) is 0.600. The first-order valence-corrected chi connectivity index (χ1v) is 6.82. The highest BCUT2D eigenvalue weighted by molar-refractivity contribution is 5.19. The number of benzene rings is 1. The quantitative estimate of drug-likeness (QED) is 0.884. The van der Waals surface area contributed by atoms with Gasteiger partial charge in [0.15, 0.2) is 0 Å². The number of rotatable bonds is 4. The maximum atomic E-state index is 13.2. The van der Waals surface area contributed by atoms with Crippen LogP contribution >= 0.6 is 0 Å².